The van der Waals surface area contributed by atoms with Crippen molar-refractivity contribution in [2.45, 2.75) is 65.5 Å². The molecule has 0 bridgehead atoms. The molecule has 218 valence electrons. The molecule has 1 unspecified atom stereocenters. The summed E-state index contributed by atoms with van der Waals surface area (Å²) in [6.07, 6.45) is -0.678. The maximum atomic E-state index is 12.5. The van der Waals surface area contributed by atoms with Crippen LogP contribution in [0.15, 0.2) is 36.7 Å². The first-order chi connectivity index (χ1) is 18.4. The molecule has 2 saturated heterocycles. The van der Waals surface area contributed by atoms with Crippen LogP contribution in [0.4, 0.5) is 29.6 Å². The van der Waals surface area contributed by atoms with Crippen LogP contribution in [0.25, 0.3) is 0 Å². The Hall–Kier alpha value is -3.12. The third-order valence-electron chi connectivity index (χ3n) is 5.60. The Labute approximate surface area is 228 Å². The lowest BCUT2D eigenvalue weighted by Crippen LogP contribution is -2.36. The number of rotatable bonds is 4. The second-order valence-electron chi connectivity index (χ2n) is 9.74. The molecule has 12 heteroatoms. The van der Waals surface area contributed by atoms with Crippen molar-refractivity contribution < 1.29 is 32.2 Å². The number of nitrogen functional groups attached to an aromatic ring is 1. The quantitative estimate of drug-likeness (QED) is 0.553. The monoisotopic (exact) mass is 555 g/mol. The van der Waals surface area contributed by atoms with Gasteiger partial charge in [0.25, 0.3) is 0 Å². The van der Waals surface area contributed by atoms with Crippen molar-refractivity contribution >= 4 is 17.7 Å². The summed E-state index contributed by atoms with van der Waals surface area (Å²) in [4.78, 5) is 23.6. The molecule has 4 rings (SSSR count). The number of benzene rings is 1. The van der Waals surface area contributed by atoms with Gasteiger partial charge in [0.1, 0.15) is 5.60 Å². The molecule has 2 aromatic rings. The number of morpholine rings is 1. The van der Waals surface area contributed by atoms with Gasteiger partial charge in [0, 0.05) is 19.6 Å². The molecule has 2 aliphatic heterocycles. The number of alkyl halides is 3. The highest BCUT2D eigenvalue weighted by atomic mass is 19.4. The number of anilines is 2. The first-order valence-corrected chi connectivity index (χ1v) is 13.1. The number of amides is 1. The second kappa shape index (κ2) is 14.9. The van der Waals surface area contributed by atoms with Gasteiger partial charge in [-0.25, -0.2) is 14.8 Å². The van der Waals surface area contributed by atoms with Gasteiger partial charge in [0.05, 0.1) is 56.1 Å². The number of carbonyl (C=O) groups is 1. The van der Waals surface area contributed by atoms with E-state index in [0.29, 0.717) is 31.0 Å². The molecule has 2 aliphatic rings. The van der Waals surface area contributed by atoms with Crippen molar-refractivity contribution in [3.8, 4) is 0 Å². The van der Waals surface area contributed by atoms with Crippen LogP contribution in [-0.2, 0) is 27.0 Å². The summed E-state index contributed by atoms with van der Waals surface area (Å²) in [5.41, 5.74) is 5.84. The number of hydrogen-bond acceptors (Lipinski definition) is 8. The van der Waals surface area contributed by atoms with Crippen molar-refractivity contribution in [1.29, 1.82) is 0 Å². The van der Waals surface area contributed by atoms with E-state index in [4.69, 9.17) is 19.9 Å². The smallest absolute Gasteiger partial charge is 0.416 e. The molecular formula is C27H40F3N5O4. The van der Waals surface area contributed by atoms with E-state index in [2.05, 4.69) is 14.9 Å². The molecule has 1 amide bonds. The van der Waals surface area contributed by atoms with Crippen LogP contribution in [0.5, 0.6) is 0 Å². The minimum Gasteiger partial charge on any atom is -0.444 e. The lowest BCUT2D eigenvalue weighted by molar-refractivity contribution is -0.137. The fraction of sp³-hybridized carbons (Fsp3) is 0.593. The molecule has 0 radical (unpaired) electrons. The number of halogens is 3. The largest absolute Gasteiger partial charge is 0.444 e. The Morgan fingerprint density at radius 1 is 1.05 bits per heavy atom. The number of nitrogens with zero attached hydrogens (tertiary/aromatic N) is 4. The van der Waals surface area contributed by atoms with Gasteiger partial charge in [-0.05, 0) is 44.9 Å². The molecule has 1 aromatic heterocycles. The molecule has 2 N–H and O–H groups in total. The summed E-state index contributed by atoms with van der Waals surface area (Å²) in [5.74, 6) is 0.317. The van der Waals surface area contributed by atoms with E-state index in [9.17, 15) is 18.0 Å². The number of hydrogen-bond donors (Lipinski definition) is 1. The number of nitrogens with two attached hydrogens (primary N) is 1. The zero-order valence-corrected chi connectivity index (χ0v) is 23.3. The SMILES string of the molecule is CC.CC(C)(C)OC(=O)N1CCC(OCc2ccc(C(F)(F)F)cc2)C1.Nc1ncc(N2CCOCC2)cn1. The summed E-state index contributed by atoms with van der Waals surface area (Å²) >= 11 is 0. The molecular weight excluding hydrogens is 515 g/mol. The van der Waals surface area contributed by atoms with Gasteiger partial charge < -0.3 is 29.7 Å². The maximum absolute atomic E-state index is 12.5. The van der Waals surface area contributed by atoms with Gasteiger partial charge in [0.2, 0.25) is 5.95 Å². The molecule has 3 heterocycles. The van der Waals surface area contributed by atoms with Crippen LogP contribution in [0.2, 0.25) is 0 Å². The highest BCUT2D eigenvalue weighted by Gasteiger charge is 2.31. The molecule has 1 aromatic carbocycles. The highest BCUT2D eigenvalue weighted by molar-refractivity contribution is 5.68. The minimum absolute atomic E-state index is 0.139. The van der Waals surface area contributed by atoms with Gasteiger partial charge in [-0.1, -0.05) is 26.0 Å². The summed E-state index contributed by atoms with van der Waals surface area (Å²) in [6, 6.07) is 4.90. The van der Waals surface area contributed by atoms with Crippen LogP contribution in [0, 0.1) is 0 Å². The fourth-order valence-corrected chi connectivity index (χ4v) is 3.68. The van der Waals surface area contributed by atoms with Gasteiger partial charge in [-0.2, -0.15) is 13.2 Å². The van der Waals surface area contributed by atoms with Crippen LogP contribution < -0.4 is 10.6 Å². The highest BCUT2D eigenvalue weighted by Crippen LogP contribution is 2.29. The molecule has 2 fully saturated rings. The van der Waals surface area contributed by atoms with Gasteiger partial charge in [0.15, 0.2) is 0 Å². The lowest BCUT2D eigenvalue weighted by atomic mass is 10.1. The fourth-order valence-electron chi connectivity index (χ4n) is 3.68. The van der Waals surface area contributed by atoms with Crippen LogP contribution in [-0.4, -0.2) is 72.1 Å². The zero-order valence-electron chi connectivity index (χ0n) is 23.3. The van der Waals surface area contributed by atoms with E-state index < -0.39 is 17.3 Å². The van der Waals surface area contributed by atoms with E-state index >= 15 is 0 Å². The van der Waals surface area contributed by atoms with Crippen molar-refractivity contribution in [3.63, 3.8) is 0 Å². The van der Waals surface area contributed by atoms with Crippen molar-refractivity contribution in [2.24, 2.45) is 0 Å². The van der Waals surface area contributed by atoms with E-state index in [1.807, 2.05) is 13.8 Å². The Kier molecular flexibility index (Phi) is 12.2. The summed E-state index contributed by atoms with van der Waals surface area (Å²) < 4.78 is 53.8. The van der Waals surface area contributed by atoms with Gasteiger partial charge in [-0.3, -0.25) is 0 Å². The second-order valence-corrected chi connectivity index (χ2v) is 9.74. The van der Waals surface area contributed by atoms with Crippen LogP contribution >= 0.6 is 0 Å². The summed E-state index contributed by atoms with van der Waals surface area (Å²) in [6.45, 7) is 13.9. The van der Waals surface area contributed by atoms with E-state index in [1.165, 1.54) is 12.1 Å². The first kappa shape index (κ1) is 32.1. The standard InChI is InChI=1S/C17H22F3NO3.C8H12N4O.C2H6/c1-16(2,3)24-15(22)21-9-8-14(10-21)23-11-12-4-6-13(7-5-12)17(18,19)20;9-8-10-5-7(6-11-8)12-1-3-13-4-2-12;1-2/h4-7,14H,8-11H2,1-3H3;5-6H,1-4H2,(H2,9,10,11);1-2H3. The van der Waals surface area contributed by atoms with Crippen LogP contribution in [0.1, 0.15) is 52.2 Å². The van der Waals surface area contributed by atoms with Gasteiger partial charge >= 0.3 is 12.3 Å². The van der Waals surface area contributed by atoms with E-state index in [-0.39, 0.29) is 18.8 Å². The average Bonchev–Trinajstić information content (AvgIpc) is 3.38. The Balaban J connectivity index is 0.000000298. The first-order valence-electron chi connectivity index (χ1n) is 13.1. The van der Waals surface area contributed by atoms with E-state index in [0.717, 1.165) is 44.1 Å². The maximum Gasteiger partial charge on any atom is 0.416 e. The number of aromatic nitrogens is 2. The lowest BCUT2D eigenvalue weighted by Gasteiger charge is -2.28. The molecule has 9 nitrogen and oxygen atoms in total. The Morgan fingerprint density at radius 3 is 2.18 bits per heavy atom. The van der Waals surface area contributed by atoms with E-state index in [1.54, 1.807) is 38.1 Å². The molecule has 0 saturated carbocycles. The number of likely N-dealkylation sites (tertiary alicyclic amines) is 1. The topological polar surface area (TPSA) is 103 Å². The predicted molar refractivity (Wildman–Crippen MR) is 143 cm³/mol. The summed E-state index contributed by atoms with van der Waals surface area (Å²) in [5, 5.41) is 0. The number of carbonyl (C=O) groups excluding carboxylic acids is 1. The number of ether oxygens (including phenoxy) is 3. The third-order valence-corrected chi connectivity index (χ3v) is 5.60. The van der Waals surface area contributed by atoms with Gasteiger partial charge in [-0.15, -0.1) is 0 Å². The van der Waals surface area contributed by atoms with Crippen molar-refractivity contribution in [3.05, 3.63) is 47.8 Å². The Morgan fingerprint density at radius 2 is 1.64 bits per heavy atom. The third kappa shape index (κ3) is 11.3. The van der Waals surface area contributed by atoms with Crippen LogP contribution in [0.3, 0.4) is 0 Å². The zero-order chi connectivity index (χ0) is 29.1. The minimum atomic E-state index is -4.33. The Bertz CT molecular complexity index is 992. The van der Waals surface area contributed by atoms with Crippen molar-refractivity contribution in [2.75, 3.05) is 50.0 Å². The molecule has 0 aliphatic carbocycles. The average molecular weight is 556 g/mol. The molecule has 0 spiro atoms. The molecule has 1 atom stereocenters. The normalized spacial score (nSPS) is 17.5. The predicted octanol–water partition coefficient (Wildman–Crippen LogP) is 5.15. The van der Waals surface area contributed by atoms with Crippen molar-refractivity contribution in [1.82, 2.24) is 14.9 Å². The molecule has 39 heavy (non-hydrogen) atoms. The summed E-state index contributed by atoms with van der Waals surface area (Å²) in [7, 11) is 0.